The Balaban J connectivity index is 1.99. The van der Waals surface area contributed by atoms with Crippen LogP contribution in [0.5, 0.6) is 0 Å². The van der Waals surface area contributed by atoms with E-state index < -0.39 is 10.0 Å². The third-order valence-corrected chi connectivity index (χ3v) is 5.73. The summed E-state index contributed by atoms with van der Waals surface area (Å²) in [5.41, 5.74) is 1.55. The van der Waals surface area contributed by atoms with Gasteiger partial charge in [-0.3, -0.25) is 0 Å². The largest absolute Gasteiger partial charge is 0.360 e. The first-order valence-corrected chi connectivity index (χ1v) is 9.27. The van der Waals surface area contributed by atoms with E-state index >= 15 is 0 Å². The van der Waals surface area contributed by atoms with Gasteiger partial charge in [0, 0.05) is 10.5 Å². The second-order valence-electron chi connectivity index (χ2n) is 5.34. The van der Waals surface area contributed by atoms with Crippen molar-refractivity contribution in [3.63, 3.8) is 0 Å². The minimum absolute atomic E-state index is 0.142. The lowest BCUT2D eigenvalue weighted by molar-refractivity contribution is 0.390. The van der Waals surface area contributed by atoms with Gasteiger partial charge in [0.05, 0.1) is 0 Å². The van der Waals surface area contributed by atoms with Crippen LogP contribution in [-0.4, -0.2) is 19.6 Å². The maximum atomic E-state index is 12.4. The molecule has 1 aromatic heterocycles. The van der Waals surface area contributed by atoms with E-state index in [1.165, 1.54) is 5.56 Å². The van der Waals surface area contributed by atoms with Gasteiger partial charge in [0.25, 0.3) is 0 Å². The first-order chi connectivity index (χ1) is 10.3. The summed E-state index contributed by atoms with van der Waals surface area (Å²) in [6.07, 6.45) is 1.52. The van der Waals surface area contributed by atoms with Gasteiger partial charge in [-0.2, -0.15) is 0 Å². The molecule has 0 aliphatic heterocycles. The monoisotopic (exact) mass is 386 g/mol. The zero-order valence-corrected chi connectivity index (χ0v) is 15.2. The van der Waals surface area contributed by atoms with Gasteiger partial charge >= 0.3 is 0 Å². The highest BCUT2D eigenvalue weighted by molar-refractivity contribution is 9.10. The van der Waals surface area contributed by atoms with Crippen LogP contribution in [0.15, 0.2) is 38.2 Å². The van der Waals surface area contributed by atoms with Crippen LogP contribution in [0.3, 0.4) is 0 Å². The fourth-order valence-corrected chi connectivity index (χ4v) is 4.15. The average Bonchev–Trinajstić information content (AvgIpc) is 2.77. The molecule has 2 rings (SSSR count). The predicted octanol–water partition coefficient (Wildman–Crippen LogP) is 3.35. The van der Waals surface area contributed by atoms with E-state index in [1.807, 2.05) is 31.2 Å². The Morgan fingerprint density at radius 1 is 1.27 bits per heavy atom. The van der Waals surface area contributed by atoms with Gasteiger partial charge in [0.1, 0.15) is 10.6 Å². The number of aromatic nitrogens is 1. The van der Waals surface area contributed by atoms with E-state index in [0.717, 1.165) is 10.9 Å². The highest BCUT2D eigenvalue weighted by atomic mass is 79.9. The molecular formula is C15H19BrN2O3S. The van der Waals surface area contributed by atoms with E-state index in [2.05, 4.69) is 25.8 Å². The number of hydrogen-bond acceptors (Lipinski definition) is 4. The SMILES string of the molecule is Cc1noc(C)c1S(=O)(=O)NC(C)CCc1ccc(Br)cc1. The lowest BCUT2D eigenvalue weighted by Crippen LogP contribution is -2.33. The molecule has 1 unspecified atom stereocenters. The van der Waals surface area contributed by atoms with Crippen LogP contribution in [0.25, 0.3) is 0 Å². The van der Waals surface area contributed by atoms with Crippen LogP contribution in [0, 0.1) is 13.8 Å². The molecule has 0 amide bonds. The number of rotatable bonds is 6. The van der Waals surface area contributed by atoms with Crippen molar-refractivity contribution in [2.45, 2.75) is 44.6 Å². The number of nitrogens with one attached hydrogen (secondary N) is 1. The number of halogens is 1. The van der Waals surface area contributed by atoms with Crippen LogP contribution in [0.1, 0.15) is 30.4 Å². The zero-order chi connectivity index (χ0) is 16.3. The van der Waals surface area contributed by atoms with Crippen LogP contribution >= 0.6 is 15.9 Å². The summed E-state index contributed by atoms with van der Waals surface area (Å²) >= 11 is 3.39. The van der Waals surface area contributed by atoms with Gasteiger partial charge in [-0.15, -0.1) is 0 Å². The van der Waals surface area contributed by atoms with Crippen LogP contribution in [-0.2, 0) is 16.4 Å². The standard InChI is InChI=1S/C15H19BrN2O3S/c1-10(4-5-13-6-8-14(16)9-7-13)18-22(19,20)15-11(2)17-21-12(15)3/h6-10,18H,4-5H2,1-3H3. The molecule has 2 aromatic rings. The van der Waals surface area contributed by atoms with Crippen LogP contribution < -0.4 is 4.72 Å². The van der Waals surface area contributed by atoms with Crippen molar-refractivity contribution in [2.24, 2.45) is 0 Å². The molecule has 5 nitrogen and oxygen atoms in total. The van der Waals surface area contributed by atoms with E-state index in [1.54, 1.807) is 13.8 Å². The minimum Gasteiger partial charge on any atom is -0.360 e. The summed E-state index contributed by atoms with van der Waals surface area (Å²) in [5.74, 6) is 0.310. The summed E-state index contributed by atoms with van der Waals surface area (Å²) < 4.78 is 33.4. The molecule has 0 saturated carbocycles. The summed E-state index contributed by atoms with van der Waals surface area (Å²) in [5, 5.41) is 3.69. The maximum absolute atomic E-state index is 12.4. The molecule has 0 bridgehead atoms. The van der Waals surface area contributed by atoms with Gasteiger partial charge < -0.3 is 4.52 Å². The highest BCUT2D eigenvalue weighted by Gasteiger charge is 2.25. The third-order valence-electron chi connectivity index (χ3n) is 3.37. The molecule has 0 radical (unpaired) electrons. The van der Waals surface area contributed by atoms with E-state index in [0.29, 0.717) is 17.9 Å². The van der Waals surface area contributed by atoms with Crippen LogP contribution in [0.2, 0.25) is 0 Å². The molecule has 120 valence electrons. The van der Waals surface area contributed by atoms with E-state index in [4.69, 9.17) is 4.52 Å². The Morgan fingerprint density at radius 3 is 2.45 bits per heavy atom. The molecule has 0 fully saturated rings. The molecule has 1 N–H and O–H groups in total. The molecule has 0 saturated heterocycles. The summed E-state index contributed by atoms with van der Waals surface area (Å²) in [4.78, 5) is 0.142. The van der Waals surface area contributed by atoms with Gasteiger partial charge in [-0.1, -0.05) is 33.2 Å². The number of nitrogens with zero attached hydrogens (tertiary/aromatic N) is 1. The topological polar surface area (TPSA) is 72.2 Å². The average molecular weight is 387 g/mol. The Bertz CT molecular complexity index is 719. The third kappa shape index (κ3) is 4.18. The van der Waals surface area contributed by atoms with Crippen molar-refractivity contribution in [1.29, 1.82) is 0 Å². The predicted molar refractivity (Wildman–Crippen MR) is 88.2 cm³/mol. The molecule has 0 aliphatic rings. The molecule has 7 heteroatoms. The Hall–Kier alpha value is -1.18. The van der Waals surface area contributed by atoms with E-state index in [-0.39, 0.29) is 10.9 Å². The van der Waals surface area contributed by atoms with Crippen molar-refractivity contribution in [3.05, 3.63) is 45.8 Å². The molecule has 1 heterocycles. The lowest BCUT2D eigenvalue weighted by atomic mass is 10.1. The van der Waals surface area contributed by atoms with Crippen molar-refractivity contribution in [1.82, 2.24) is 9.88 Å². The molecule has 0 aliphatic carbocycles. The van der Waals surface area contributed by atoms with Crippen molar-refractivity contribution in [2.75, 3.05) is 0 Å². The first kappa shape index (κ1) is 17.2. The second-order valence-corrected chi connectivity index (χ2v) is 7.91. The van der Waals surface area contributed by atoms with Crippen LogP contribution in [0.4, 0.5) is 0 Å². The number of hydrogen-bond donors (Lipinski definition) is 1. The first-order valence-electron chi connectivity index (χ1n) is 6.99. The normalized spacial score (nSPS) is 13.3. The Kier molecular flexibility index (Phi) is 5.41. The number of benzene rings is 1. The quantitative estimate of drug-likeness (QED) is 0.825. The molecule has 0 spiro atoms. The van der Waals surface area contributed by atoms with Crippen molar-refractivity contribution < 1.29 is 12.9 Å². The van der Waals surface area contributed by atoms with E-state index in [9.17, 15) is 8.42 Å². The van der Waals surface area contributed by atoms with Gasteiger partial charge in [0.15, 0.2) is 5.76 Å². The lowest BCUT2D eigenvalue weighted by Gasteiger charge is -2.14. The Labute approximate surface area is 139 Å². The molecule has 22 heavy (non-hydrogen) atoms. The summed E-state index contributed by atoms with van der Waals surface area (Å²) in [6.45, 7) is 5.08. The highest BCUT2D eigenvalue weighted by Crippen LogP contribution is 2.19. The fourth-order valence-electron chi connectivity index (χ4n) is 2.28. The fraction of sp³-hybridized carbons (Fsp3) is 0.400. The summed E-state index contributed by atoms with van der Waals surface area (Å²) in [7, 11) is -3.60. The van der Waals surface area contributed by atoms with Crippen molar-refractivity contribution in [3.8, 4) is 0 Å². The summed E-state index contributed by atoms with van der Waals surface area (Å²) in [6, 6.07) is 7.84. The van der Waals surface area contributed by atoms with Gasteiger partial charge in [-0.25, -0.2) is 13.1 Å². The molecule has 1 aromatic carbocycles. The van der Waals surface area contributed by atoms with Gasteiger partial charge in [-0.05, 0) is 51.3 Å². The molecule has 1 atom stereocenters. The van der Waals surface area contributed by atoms with Gasteiger partial charge in [0.2, 0.25) is 10.0 Å². The maximum Gasteiger partial charge on any atom is 0.246 e. The van der Waals surface area contributed by atoms with Crippen molar-refractivity contribution >= 4 is 26.0 Å². The molecular weight excluding hydrogens is 368 g/mol. The Morgan fingerprint density at radius 2 is 1.91 bits per heavy atom. The zero-order valence-electron chi connectivity index (χ0n) is 12.8. The number of aryl methyl sites for hydroxylation is 3. The smallest absolute Gasteiger partial charge is 0.246 e. The second kappa shape index (κ2) is 6.93. The number of sulfonamides is 1. The minimum atomic E-state index is -3.60.